The van der Waals surface area contributed by atoms with Crippen LogP contribution in [0.25, 0.3) is 0 Å². The number of carbonyl (C=O) groups excluding carboxylic acids is 1. The Morgan fingerprint density at radius 2 is 2.26 bits per heavy atom. The molecule has 0 aliphatic heterocycles. The highest BCUT2D eigenvalue weighted by molar-refractivity contribution is 6.34. The third-order valence-electron chi connectivity index (χ3n) is 2.72. The fraction of sp³-hybridized carbons (Fsp3) is 0.308. The van der Waals surface area contributed by atoms with E-state index >= 15 is 0 Å². The average Bonchev–Trinajstić information content (AvgIpc) is 2.69. The molecule has 2 rings (SSSR count). The van der Waals surface area contributed by atoms with Crippen LogP contribution in [-0.4, -0.2) is 20.7 Å². The van der Waals surface area contributed by atoms with Gasteiger partial charge in [-0.05, 0) is 19.4 Å². The Morgan fingerprint density at radius 3 is 2.89 bits per heavy atom. The number of halogens is 1. The van der Waals surface area contributed by atoms with Crippen LogP contribution in [0.3, 0.4) is 0 Å². The summed E-state index contributed by atoms with van der Waals surface area (Å²) in [4.78, 5) is 16.2. The highest BCUT2D eigenvalue weighted by atomic mass is 35.5. The van der Waals surface area contributed by atoms with Crippen LogP contribution in [0.2, 0.25) is 5.02 Å². The van der Waals surface area contributed by atoms with Crippen molar-refractivity contribution in [1.29, 1.82) is 0 Å². The third kappa shape index (κ3) is 2.93. The topological polar surface area (TPSA) is 59.8 Å². The highest BCUT2D eigenvalue weighted by Crippen LogP contribution is 2.19. The third-order valence-corrected chi connectivity index (χ3v) is 3.04. The molecule has 1 N–H and O–H groups in total. The van der Waals surface area contributed by atoms with Gasteiger partial charge in [-0.25, -0.2) is 0 Å². The molecule has 0 unspecified atom stereocenters. The first-order chi connectivity index (χ1) is 9.01. The molecule has 2 aromatic heterocycles. The molecule has 0 fully saturated rings. The van der Waals surface area contributed by atoms with Gasteiger partial charge in [-0.1, -0.05) is 18.5 Å². The Balaban J connectivity index is 2.25. The number of anilines is 1. The zero-order chi connectivity index (χ0) is 14.0. The minimum atomic E-state index is -0.278. The largest absolute Gasteiger partial charge is 0.319 e. The van der Waals surface area contributed by atoms with E-state index in [1.807, 2.05) is 20.9 Å². The summed E-state index contributed by atoms with van der Waals surface area (Å²) < 4.78 is 1.67. The van der Waals surface area contributed by atoms with Crippen molar-refractivity contribution in [1.82, 2.24) is 14.8 Å². The van der Waals surface area contributed by atoms with Crippen LogP contribution in [0.4, 0.5) is 5.69 Å². The Labute approximate surface area is 116 Å². The molecule has 2 aromatic rings. The molecule has 100 valence electrons. The molecule has 6 heteroatoms. The van der Waals surface area contributed by atoms with Crippen molar-refractivity contribution in [2.75, 3.05) is 5.32 Å². The van der Waals surface area contributed by atoms with Crippen LogP contribution in [0, 0.1) is 6.92 Å². The SMILES string of the molecule is CCc1nn(C)cc1NC(=O)c1cnc(C)cc1Cl. The molecule has 0 atom stereocenters. The van der Waals surface area contributed by atoms with E-state index < -0.39 is 0 Å². The van der Waals surface area contributed by atoms with Gasteiger partial charge in [-0.3, -0.25) is 14.5 Å². The van der Waals surface area contributed by atoms with Crippen LogP contribution in [0.15, 0.2) is 18.5 Å². The molecule has 5 nitrogen and oxygen atoms in total. The number of aromatic nitrogens is 3. The van der Waals surface area contributed by atoms with E-state index in [1.165, 1.54) is 6.20 Å². The molecule has 0 spiro atoms. The number of amides is 1. The van der Waals surface area contributed by atoms with E-state index in [-0.39, 0.29) is 5.91 Å². The zero-order valence-corrected chi connectivity index (χ0v) is 11.8. The van der Waals surface area contributed by atoms with Crippen LogP contribution in [-0.2, 0) is 13.5 Å². The monoisotopic (exact) mass is 278 g/mol. The molecule has 0 saturated carbocycles. The predicted octanol–water partition coefficient (Wildman–Crippen LogP) is 2.59. The van der Waals surface area contributed by atoms with Crippen molar-refractivity contribution in [3.63, 3.8) is 0 Å². The number of nitrogens with one attached hydrogen (secondary N) is 1. The maximum absolute atomic E-state index is 12.2. The second-order valence-electron chi connectivity index (χ2n) is 4.28. The maximum Gasteiger partial charge on any atom is 0.258 e. The molecule has 0 bridgehead atoms. The molecule has 0 aliphatic rings. The molecular formula is C13H15ClN4O. The molecule has 0 saturated heterocycles. The quantitative estimate of drug-likeness (QED) is 0.939. The first-order valence-electron chi connectivity index (χ1n) is 5.97. The number of nitrogens with zero attached hydrogens (tertiary/aromatic N) is 3. The van der Waals surface area contributed by atoms with Gasteiger partial charge in [0.25, 0.3) is 5.91 Å². The zero-order valence-electron chi connectivity index (χ0n) is 11.1. The molecule has 0 aromatic carbocycles. The van der Waals surface area contributed by atoms with Gasteiger partial charge in [0.15, 0.2) is 0 Å². The van der Waals surface area contributed by atoms with Crippen LogP contribution >= 0.6 is 11.6 Å². The lowest BCUT2D eigenvalue weighted by Crippen LogP contribution is -2.13. The smallest absolute Gasteiger partial charge is 0.258 e. The van der Waals surface area contributed by atoms with Gasteiger partial charge in [-0.15, -0.1) is 0 Å². The molecule has 1 amide bonds. The molecule has 0 aliphatic carbocycles. The molecular weight excluding hydrogens is 264 g/mol. The minimum Gasteiger partial charge on any atom is -0.319 e. The first kappa shape index (κ1) is 13.5. The lowest BCUT2D eigenvalue weighted by molar-refractivity contribution is 0.102. The van der Waals surface area contributed by atoms with Gasteiger partial charge < -0.3 is 5.32 Å². The number of carbonyl (C=O) groups is 1. The molecule has 2 heterocycles. The summed E-state index contributed by atoms with van der Waals surface area (Å²) >= 11 is 6.05. The standard InChI is InChI=1S/C13H15ClN4O/c1-4-11-12(7-18(3)17-11)16-13(19)9-6-15-8(2)5-10(9)14/h5-7H,4H2,1-3H3,(H,16,19). The van der Waals surface area contributed by atoms with Gasteiger partial charge in [-0.2, -0.15) is 5.10 Å². The Bertz CT molecular complexity index is 621. The van der Waals surface area contributed by atoms with Gasteiger partial charge in [0.05, 0.1) is 22.0 Å². The summed E-state index contributed by atoms with van der Waals surface area (Å²) in [6, 6.07) is 1.67. The van der Waals surface area contributed by atoms with E-state index in [0.717, 1.165) is 17.8 Å². The fourth-order valence-electron chi connectivity index (χ4n) is 1.78. The minimum absolute atomic E-state index is 0.278. The van der Waals surface area contributed by atoms with Gasteiger partial charge >= 0.3 is 0 Å². The average molecular weight is 279 g/mol. The van der Waals surface area contributed by atoms with E-state index in [2.05, 4.69) is 15.4 Å². The van der Waals surface area contributed by atoms with E-state index in [9.17, 15) is 4.79 Å². The van der Waals surface area contributed by atoms with E-state index in [4.69, 9.17) is 11.6 Å². The van der Waals surface area contributed by atoms with Crippen molar-refractivity contribution in [3.05, 3.63) is 40.4 Å². The first-order valence-corrected chi connectivity index (χ1v) is 6.35. The summed E-state index contributed by atoms with van der Waals surface area (Å²) in [5.74, 6) is -0.278. The van der Waals surface area contributed by atoms with Crippen molar-refractivity contribution in [2.45, 2.75) is 20.3 Å². The number of aryl methyl sites for hydroxylation is 3. The van der Waals surface area contributed by atoms with Crippen molar-refractivity contribution >= 4 is 23.2 Å². The number of rotatable bonds is 3. The van der Waals surface area contributed by atoms with E-state index in [1.54, 1.807) is 16.9 Å². The lowest BCUT2D eigenvalue weighted by atomic mass is 10.2. The van der Waals surface area contributed by atoms with Gasteiger partial charge in [0, 0.05) is 25.1 Å². The maximum atomic E-state index is 12.2. The summed E-state index contributed by atoms with van der Waals surface area (Å²) in [7, 11) is 1.81. The number of hydrogen-bond acceptors (Lipinski definition) is 3. The predicted molar refractivity (Wildman–Crippen MR) is 74.5 cm³/mol. The van der Waals surface area contributed by atoms with Crippen molar-refractivity contribution in [3.8, 4) is 0 Å². The second kappa shape index (κ2) is 5.40. The van der Waals surface area contributed by atoms with Crippen LogP contribution in [0.1, 0.15) is 28.7 Å². The summed E-state index contributed by atoms with van der Waals surface area (Å²) in [5, 5.41) is 7.47. The van der Waals surface area contributed by atoms with Crippen LogP contribution < -0.4 is 5.32 Å². The van der Waals surface area contributed by atoms with Crippen molar-refractivity contribution < 1.29 is 4.79 Å². The normalized spacial score (nSPS) is 10.5. The van der Waals surface area contributed by atoms with Crippen LogP contribution in [0.5, 0.6) is 0 Å². The summed E-state index contributed by atoms with van der Waals surface area (Å²) in [6.07, 6.45) is 4.00. The lowest BCUT2D eigenvalue weighted by Gasteiger charge is -2.06. The highest BCUT2D eigenvalue weighted by Gasteiger charge is 2.14. The summed E-state index contributed by atoms with van der Waals surface area (Å²) in [6.45, 7) is 3.81. The Kier molecular flexibility index (Phi) is 3.85. The Hall–Kier alpha value is -1.88. The summed E-state index contributed by atoms with van der Waals surface area (Å²) in [5.41, 5.74) is 2.68. The molecule has 19 heavy (non-hydrogen) atoms. The van der Waals surface area contributed by atoms with Gasteiger partial charge in [0.2, 0.25) is 0 Å². The number of pyridine rings is 1. The number of hydrogen-bond donors (Lipinski definition) is 1. The molecule has 0 radical (unpaired) electrons. The van der Waals surface area contributed by atoms with Gasteiger partial charge in [0.1, 0.15) is 0 Å². The second-order valence-corrected chi connectivity index (χ2v) is 4.68. The van der Waals surface area contributed by atoms with E-state index in [0.29, 0.717) is 16.3 Å². The fourth-order valence-corrected chi connectivity index (χ4v) is 2.08. The Morgan fingerprint density at radius 1 is 1.53 bits per heavy atom. The van der Waals surface area contributed by atoms with Crippen molar-refractivity contribution in [2.24, 2.45) is 7.05 Å².